The lowest BCUT2D eigenvalue weighted by Gasteiger charge is -2.34. The molecule has 2 aromatic rings. The van der Waals surface area contributed by atoms with E-state index in [1.165, 1.54) is 12.0 Å². The highest BCUT2D eigenvalue weighted by Crippen LogP contribution is 2.38. The number of halogens is 2. The quantitative estimate of drug-likeness (QED) is 0.463. The van der Waals surface area contributed by atoms with Gasteiger partial charge in [-0.3, -0.25) is 9.69 Å². The predicted octanol–water partition coefficient (Wildman–Crippen LogP) is 6.79. The van der Waals surface area contributed by atoms with Crippen molar-refractivity contribution in [1.29, 1.82) is 0 Å². The number of nitrogens with zero attached hydrogens (tertiary/aromatic N) is 2. The molecule has 202 valence electrons. The molecule has 37 heavy (non-hydrogen) atoms. The third-order valence-electron chi connectivity index (χ3n) is 8.24. The van der Waals surface area contributed by atoms with Crippen LogP contribution in [0.3, 0.4) is 0 Å². The number of carbonyl (C=O) groups is 1. The van der Waals surface area contributed by atoms with Gasteiger partial charge in [-0.15, -0.1) is 0 Å². The molecule has 1 amide bonds. The number of carbonyl (C=O) groups excluding carboxylic acids is 1. The first kappa shape index (κ1) is 27.5. The van der Waals surface area contributed by atoms with E-state index in [4.69, 9.17) is 5.73 Å². The fraction of sp³-hybridized carbons (Fsp3) is 0.600. The molecule has 3 fully saturated rings. The van der Waals surface area contributed by atoms with Crippen molar-refractivity contribution in [3.8, 4) is 11.1 Å². The summed E-state index contributed by atoms with van der Waals surface area (Å²) < 4.78 is 27.1. The molecule has 1 aliphatic heterocycles. The summed E-state index contributed by atoms with van der Waals surface area (Å²) in [4.78, 5) is 19.6. The van der Waals surface area contributed by atoms with Gasteiger partial charge in [-0.25, -0.2) is 13.8 Å². The number of rotatable bonds is 5. The van der Waals surface area contributed by atoms with Crippen molar-refractivity contribution in [3.63, 3.8) is 0 Å². The van der Waals surface area contributed by atoms with Crippen LogP contribution in [0.2, 0.25) is 0 Å². The second-order valence-corrected chi connectivity index (χ2v) is 10.7. The Bertz CT molecular complexity index is 1030. The van der Waals surface area contributed by atoms with Crippen LogP contribution >= 0.6 is 0 Å². The molecule has 5 rings (SSSR count). The number of likely N-dealkylation sites (tertiary alicyclic amines) is 1. The summed E-state index contributed by atoms with van der Waals surface area (Å²) in [5, 5.41) is 3.13. The van der Waals surface area contributed by atoms with Crippen molar-refractivity contribution < 1.29 is 13.6 Å². The highest BCUT2D eigenvalue weighted by molar-refractivity contribution is 5.99. The van der Waals surface area contributed by atoms with Crippen LogP contribution in [0.4, 0.5) is 14.6 Å². The van der Waals surface area contributed by atoms with Crippen molar-refractivity contribution in [2.24, 2.45) is 0 Å². The minimum Gasteiger partial charge on any atom is -0.383 e. The number of nitrogens with two attached hydrogens (primary N) is 1. The molecule has 0 bridgehead atoms. The molecule has 3 aliphatic rings. The number of aromatic nitrogens is 1. The average Bonchev–Trinajstić information content (AvgIpc) is 3.41. The van der Waals surface area contributed by atoms with Crippen LogP contribution in [0.1, 0.15) is 99.9 Å². The first-order valence-corrected chi connectivity index (χ1v) is 14.2. The third kappa shape index (κ3) is 6.86. The second kappa shape index (κ2) is 12.3. The summed E-state index contributed by atoms with van der Waals surface area (Å²) in [6, 6.07) is 10.8. The number of nitrogens with one attached hydrogen (secondary N) is 1. The van der Waals surface area contributed by atoms with Gasteiger partial charge in [0.1, 0.15) is 5.82 Å². The molecule has 1 aromatic carbocycles. The predicted molar refractivity (Wildman–Crippen MR) is 146 cm³/mol. The molecule has 0 radical (unpaired) electrons. The fourth-order valence-corrected chi connectivity index (χ4v) is 6.05. The summed E-state index contributed by atoms with van der Waals surface area (Å²) in [7, 11) is 0. The smallest absolute Gasteiger partial charge is 0.255 e. The van der Waals surface area contributed by atoms with E-state index in [9.17, 15) is 13.6 Å². The topological polar surface area (TPSA) is 71.2 Å². The Hall–Kier alpha value is -2.54. The van der Waals surface area contributed by atoms with Crippen LogP contribution in [0.15, 0.2) is 36.5 Å². The monoisotopic (exact) mass is 512 g/mol. The maximum absolute atomic E-state index is 13.5. The molecule has 1 saturated heterocycles. The summed E-state index contributed by atoms with van der Waals surface area (Å²) in [5.41, 5.74) is 9.63. The summed E-state index contributed by atoms with van der Waals surface area (Å²) >= 11 is 0. The summed E-state index contributed by atoms with van der Waals surface area (Å²) in [6.07, 6.45) is 9.59. The number of alkyl halides is 2. The zero-order valence-corrected chi connectivity index (χ0v) is 22.3. The molecule has 7 heteroatoms. The van der Waals surface area contributed by atoms with Crippen LogP contribution < -0.4 is 11.1 Å². The van der Waals surface area contributed by atoms with Gasteiger partial charge in [-0.1, -0.05) is 57.4 Å². The van der Waals surface area contributed by atoms with Gasteiger partial charge < -0.3 is 11.1 Å². The number of amides is 1. The van der Waals surface area contributed by atoms with Gasteiger partial charge in [0.05, 0.1) is 5.56 Å². The first-order chi connectivity index (χ1) is 17.9. The largest absolute Gasteiger partial charge is 0.383 e. The summed E-state index contributed by atoms with van der Waals surface area (Å²) in [5.74, 6) is -1.94. The number of benzene rings is 1. The van der Waals surface area contributed by atoms with Crippen molar-refractivity contribution >= 4 is 11.7 Å². The fourth-order valence-electron chi connectivity index (χ4n) is 6.05. The normalized spacial score (nSPS) is 22.8. The van der Waals surface area contributed by atoms with E-state index in [0.29, 0.717) is 24.3 Å². The Labute approximate surface area is 220 Å². The molecule has 5 nitrogen and oxygen atoms in total. The van der Waals surface area contributed by atoms with E-state index >= 15 is 0 Å². The number of anilines is 1. The van der Waals surface area contributed by atoms with Crippen molar-refractivity contribution in [2.75, 3.05) is 18.8 Å². The molecule has 1 aromatic heterocycles. The molecule has 0 spiro atoms. The third-order valence-corrected chi connectivity index (χ3v) is 8.24. The van der Waals surface area contributed by atoms with Gasteiger partial charge in [0, 0.05) is 43.2 Å². The van der Waals surface area contributed by atoms with Crippen LogP contribution in [0.25, 0.3) is 11.1 Å². The van der Waals surface area contributed by atoms with E-state index in [0.717, 1.165) is 56.3 Å². The Morgan fingerprint density at radius 1 is 1.00 bits per heavy atom. The van der Waals surface area contributed by atoms with E-state index in [2.05, 4.69) is 39.5 Å². The van der Waals surface area contributed by atoms with Gasteiger partial charge in [0.25, 0.3) is 5.91 Å². The SMILES string of the molecule is CC.Nc1ncc(-c2ccc(C3CCN(C4CCC(F)(F)CC4)C3)cc2)cc1C(=O)NC1CCCCC1. The van der Waals surface area contributed by atoms with Crippen LogP contribution in [-0.2, 0) is 0 Å². The average molecular weight is 513 g/mol. The van der Waals surface area contributed by atoms with E-state index in [1.54, 1.807) is 6.20 Å². The molecule has 2 saturated carbocycles. The molecular weight excluding hydrogens is 470 g/mol. The minimum atomic E-state index is -2.47. The lowest BCUT2D eigenvalue weighted by atomic mass is 9.91. The molecule has 1 unspecified atom stereocenters. The standard InChI is InChI=1S/C28H36F2N4O.C2H6/c29-28(30)13-10-24(11-14-28)34-15-12-21(18-34)19-6-8-20(9-7-19)22-16-25(26(31)32-17-22)27(35)33-23-4-2-1-3-5-23;1-2/h6-9,16-17,21,23-24H,1-5,10-15,18H2,(H2,31,32)(H,33,35);1-2H3. The Morgan fingerprint density at radius 2 is 1.68 bits per heavy atom. The molecule has 1 atom stereocenters. The Morgan fingerprint density at radius 3 is 2.35 bits per heavy atom. The maximum Gasteiger partial charge on any atom is 0.255 e. The zero-order valence-electron chi connectivity index (χ0n) is 22.3. The molecule has 3 N–H and O–H groups in total. The lowest BCUT2D eigenvalue weighted by molar-refractivity contribution is -0.0516. The Kier molecular flexibility index (Phi) is 9.17. The number of hydrogen-bond acceptors (Lipinski definition) is 4. The van der Waals surface area contributed by atoms with Crippen LogP contribution in [0.5, 0.6) is 0 Å². The van der Waals surface area contributed by atoms with Gasteiger partial charge in [-0.2, -0.15) is 0 Å². The van der Waals surface area contributed by atoms with Crippen molar-refractivity contribution in [3.05, 3.63) is 47.7 Å². The van der Waals surface area contributed by atoms with E-state index < -0.39 is 5.92 Å². The highest BCUT2D eigenvalue weighted by atomic mass is 19.3. The first-order valence-electron chi connectivity index (χ1n) is 14.2. The lowest BCUT2D eigenvalue weighted by Crippen LogP contribution is -2.39. The zero-order chi connectivity index (χ0) is 26.4. The maximum atomic E-state index is 13.5. The molecule has 2 heterocycles. The number of hydrogen-bond donors (Lipinski definition) is 2. The molecule has 2 aliphatic carbocycles. The van der Waals surface area contributed by atoms with Gasteiger partial charge in [0.15, 0.2) is 0 Å². The number of pyridine rings is 1. The van der Waals surface area contributed by atoms with Crippen molar-refractivity contribution in [1.82, 2.24) is 15.2 Å². The Balaban J connectivity index is 0.00000156. The van der Waals surface area contributed by atoms with Gasteiger partial charge in [0.2, 0.25) is 5.92 Å². The van der Waals surface area contributed by atoms with E-state index in [-0.39, 0.29) is 36.7 Å². The highest BCUT2D eigenvalue weighted by Gasteiger charge is 2.38. The minimum absolute atomic E-state index is 0.0177. The van der Waals surface area contributed by atoms with Crippen LogP contribution in [-0.4, -0.2) is 46.9 Å². The van der Waals surface area contributed by atoms with Crippen molar-refractivity contribution in [2.45, 2.75) is 102 Å². The second-order valence-electron chi connectivity index (χ2n) is 10.7. The molecular formula is C30H42F2N4O. The number of nitrogen functional groups attached to an aromatic ring is 1. The van der Waals surface area contributed by atoms with Crippen LogP contribution in [0, 0.1) is 0 Å². The van der Waals surface area contributed by atoms with Gasteiger partial charge >= 0.3 is 0 Å². The van der Waals surface area contributed by atoms with Gasteiger partial charge in [-0.05, 0) is 61.8 Å². The summed E-state index contributed by atoms with van der Waals surface area (Å²) in [6.45, 7) is 5.91. The van der Waals surface area contributed by atoms with E-state index in [1.807, 2.05) is 19.9 Å².